The molecule has 3 aromatic carbocycles. The molecule has 0 amide bonds. The van der Waals surface area contributed by atoms with E-state index in [4.69, 9.17) is 4.98 Å². The molecule has 0 aliphatic heterocycles. The Hall–Kier alpha value is -3.73. The van der Waals surface area contributed by atoms with Gasteiger partial charge < -0.3 is 4.57 Å². The number of aromatic nitrogens is 5. The Labute approximate surface area is 175 Å². The summed E-state index contributed by atoms with van der Waals surface area (Å²) in [6.45, 7) is 1.99. The quantitative estimate of drug-likeness (QED) is 0.423. The van der Waals surface area contributed by atoms with Crippen molar-refractivity contribution in [2.75, 3.05) is 0 Å². The van der Waals surface area contributed by atoms with Gasteiger partial charge in [0.2, 0.25) is 0 Å². The van der Waals surface area contributed by atoms with Crippen LogP contribution in [-0.2, 0) is 13.5 Å². The molecular formula is C25H23N5. The topological polar surface area (TPSA) is 48.5 Å². The molecule has 30 heavy (non-hydrogen) atoms. The van der Waals surface area contributed by atoms with Crippen LogP contribution in [0.5, 0.6) is 0 Å². The van der Waals surface area contributed by atoms with Crippen molar-refractivity contribution >= 4 is 11.0 Å². The normalized spacial score (nSPS) is 12.3. The summed E-state index contributed by atoms with van der Waals surface area (Å²) in [5.74, 6) is 0. The maximum Gasteiger partial charge on any atom is 0.0964 e. The van der Waals surface area contributed by atoms with Crippen LogP contribution >= 0.6 is 0 Å². The highest BCUT2D eigenvalue weighted by atomic mass is 15.4. The molecule has 0 unspecified atom stereocenters. The highest BCUT2D eigenvalue weighted by Gasteiger charge is 2.18. The van der Waals surface area contributed by atoms with Gasteiger partial charge >= 0.3 is 0 Å². The molecule has 5 nitrogen and oxygen atoms in total. The molecule has 1 atom stereocenters. The Kier molecular flexibility index (Phi) is 4.64. The van der Waals surface area contributed by atoms with E-state index in [2.05, 4.69) is 93.7 Å². The first-order valence-corrected chi connectivity index (χ1v) is 10.1. The molecule has 0 saturated heterocycles. The Bertz CT molecular complexity index is 1270. The average molecular weight is 393 g/mol. The van der Waals surface area contributed by atoms with Crippen LogP contribution < -0.4 is 0 Å². The number of hydrogen-bond donors (Lipinski definition) is 0. The van der Waals surface area contributed by atoms with Crippen LogP contribution in [0, 0.1) is 6.92 Å². The molecule has 148 valence electrons. The zero-order valence-corrected chi connectivity index (χ0v) is 17.1. The van der Waals surface area contributed by atoms with Gasteiger partial charge in [0.15, 0.2) is 0 Å². The first-order chi connectivity index (χ1) is 14.7. The highest BCUT2D eigenvalue weighted by molar-refractivity contribution is 5.82. The van der Waals surface area contributed by atoms with E-state index >= 15 is 0 Å². The Morgan fingerprint density at radius 2 is 1.63 bits per heavy atom. The lowest BCUT2D eigenvalue weighted by atomic mass is 9.98. The van der Waals surface area contributed by atoms with E-state index in [1.807, 2.05) is 25.0 Å². The monoisotopic (exact) mass is 393 g/mol. The van der Waals surface area contributed by atoms with Crippen LogP contribution in [-0.4, -0.2) is 24.5 Å². The van der Waals surface area contributed by atoms with E-state index in [9.17, 15) is 0 Å². The Morgan fingerprint density at radius 3 is 2.33 bits per heavy atom. The summed E-state index contributed by atoms with van der Waals surface area (Å²) in [4.78, 5) is 4.70. The van der Waals surface area contributed by atoms with Crippen molar-refractivity contribution in [1.29, 1.82) is 0 Å². The minimum Gasteiger partial charge on any atom is -0.323 e. The zero-order chi connectivity index (χ0) is 20.5. The van der Waals surface area contributed by atoms with Gasteiger partial charge in [0.25, 0.3) is 0 Å². The molecule has 0 spiro atoms. The summed E-state index contributed by atoms with van der Waals surface area (Å²) in [5, 5.41) is 8.38. The standard InChI is InChI=1S/C25H23N5/c1-18-25(29(2)28-27-18)21-13-14-22-24(16-21)30(17-26-22)23(20-11-7-4-8-12-20)15-19-9-5-3-6-10-19/h3-14,16-17,23H,15H2,1-2H3/t23-/m1/s1. The number of nitrogens with zero attached hydrogens (tertiary/aromatic N) is 5. The summed E-state index contributed by atoms with van der Waals surface area (Å²) in [5.41, 5.74) is 7.72. The van der Waals surface area contributed by atoms with E-state index in [1.165, 1.54) is 11.1 Å². The molecule has 0 N–H and O–H groups in total. The van der Waals surface area contributed by atoms with Crippen molar-refractivity contribution in [2.45, 2.75) is 19.4 Å². The predicted octanol–water partition coefficient (Wildman–Crippen LogP) is 4.97. The lowest BCUT2D eigenvalue weighted by Gasteiger charge is -2.21. The second kappa shape index (κ2) is 7.59. The van der Waals surface area contributed by atoms with Gasteiger partial charge in [-0.25, -0.2) is 9.67 Å². The molecule has 0 bridgehead atoms. The SMILES string of the molecule is Cc1nnn(C)c1-c1ccc2ncn([C@H](Cc3ccccc3)c3ccccc3)c2c1. The fourth-order valence-corrected chi connectivity index (χ4v) is 4.17. The lowest BCUT2D eigenvalue weighted by Crippen LogP contribution is -2.13. The summed E-state index contributed by atoms with van der Waals surface area (Å²) in [6, 6.07) is 27.8. The van der Waals surface area contributed by atoms with Crippen LogP contribution in [0.4, 0.5) is 0 Å². The third kappa shape index (κ3) is 3.28. The molecule has 5 aromatic rings. The lowest BCUT2D eigenvalue weighted by molar-refractivity contribution is 0.596. The second-order valence-electron chi connectivity index (χ2n) is 7.62. The second-order valence-corrected chi connectivity index (χ2v) is 7.62. The third-order valence-corrected chi connectivity index (χ3v) is 5.64. The number of aryl methyl sites for hydroxylation is 2. The van der Waals surface area contributed by atoms with Gasteiger partial charge in [0, 0.05) is 12.6 Å². The van der Waals surface area contributed by atoms with Gasteiger partial charge in [-0.1, -0.05) is 71.9 Å². The molecule has 5 rings (SSSR count). The van der Waals surface area contributed by atoms with Crippen molar-refractivity contribution in [2.24, 2.45) is 7.05 Å². The van der Waals surface area contributed by atoms with Crippen LogP contribution in [0.2, 0.25) is 0 Å². The van der Waals surface area contributed by atoms with E-state index in [0.29, 0.717) is 0 Å². The third-order valence-electron chi connectivity index (χ3n) is 5.64. The predicted molar refractivity (Wildman–Crippen MR) is 119 cm³/mol. The van der Waals surface area contributed by atoms with Crippen molar-refractivity contribution in [3.05, 3.63) is 102 Å². The van der Waals surface area contributed by atoms with E-state index < -0.39 is 0 Å². The van der Waals surface area contributed by atoms with Gasteiger partial charge in [-0.15, -0.1) is 5.10 Å². The van der Waals surface area contributed by atoms with Crippen molar-refractivity contribution < 1.29 is 0 Å². The molecule has 0 aliphatic rings. The number of hydrogen-bond acceptors (Lipinski definition) is 3. The summed E-state index contributed by atoms with van der Waals surface area (Å²) < 4.78 is 4.12. The first-order valence-electron chi connectivity index (χ1n) is 10.1. The van der Waals surface area contributed by atoms with Gasteiger partial charge in [-0.3, -0.25) is 0 Å². The van der Waals surface area contributed by atoms with Crippen LogP contribution in [0.3, 0.4) is 0 Å². The zero-order valence-electron chi connectivity index (χ0n) is 17.1. The smallest absolute Gasteiger partial charge is 0.0964 e. The van der Waals surface area contributed by atoms with E-state index in [0.717, 1.165) is 34.4 Å². The van der Waals surface area contributed by atoms with Gasteiger partial charge in [-0.05, 0) is 36.6 Å². The molecule has 5 heteroatoms. The summed E-state index contributed by atoms with van der Waals surface area (Å²) >= 11 is 0. The molecule has 2 heterocycles. The average Bonchev–Trinajstić information content (AvgIpc) is 3.35. The minimum atomic E-state index is 0.152. The van der Waals surface area contributed by atoms with Crippen LogP contribution in [0.25, 0.3) is 22.3 Å². The maximum atomic E-state index is 4.70. The van der Waals surface area contributed by atoms with Gasteiger partial charge in [0.05, 0.1) is 34.8 Å². The number of fused-ring (bicyclic) bond motifs is 1. The molecule has 0 aliphatic carbocycles. The number of rotatable bonds is 5. The van der Waals surface area contributed by atoms with Crippen molar-refractivity contribution in [1.82, 2.24) is 24.5 Å². The minimum absolute atomic E-state index is 0.152. The molecule has 0 fully saturated rings. The summed E-state index contributed by atoms with van der Waals surface area (Å²) in [7, 11) is 1.93. The van der Waals surface area contributed by atoms with E-state index in [1.54, 1.807) is 0 Å². The largest absolute Gasteiger partial charge is 0.323 e. The van der Waals surface area contributed by atoms with Crippen LogP contribution in [0.15, 0.2) is 85.2 Å². The first kappa shape index (κ1) is 18.3. The molecular weight excluding hydrogens is 370 g/mol. The fourth-order valence-electron chi connectivity index (χ4n) is 4.17. The number of benzene rings is 3. The Balaban J connectivity index is 1.65. The maximum absolute atomic E-state index is 4.70. The molecule has 2 aromatic heterocycles. The van der Waals surface area contributed by atoms with Crippen molar-refractivity contribution in [3.63, 3.8) is 0 Å². The van der Waals surface area contributed by atoms with E-state index in [-0.39, 0.29) is 6.04 Å². The van der Waals surface area contributed by atoms with Crippen molar-refractivity contribution in [3.8, 4) is 11.3 Å². The Morgan fingerprint density at radius 1 is 0.900 bits per heavy atom. The molecule has 0 saturated carbocycles. The van der Waals surface area contributed by atoms with Gasteiger partial charge in [-0.2, -0.15) is 0 Å². The fraction of sp³-hybridized carbons (Fsp3) is 0.160. The highest BCUT2D eigenvalue weighted by Crippen LogP contribution is 2.30. The number of imidazole rings is 1. The van der Waals surface area contributed by atoms with Crippen LogP contribution in [0.1, 0.15) is 22.9 Å². The van der Waals surface area contributed by atoms with Gasteiger partial charge in [0.1, 0.15) is 0 Å². The summed E-state index contributed by atoms with van der Waals surface area (Å²) in [6.07, 6.45) is 2.86. The molecule has 0 radical (unpaired) electrons.